The molecule has 16 heavy (non-hydrogen) atoms. The summed E-state index contributed by atoms with van der Waals surface area (Å²) in [5.74, 6) is -0.370. The molecule has 2 atom stereocenters. The molecule has 1 rings (SSSR count). The molecule has 88 valence electrons. The molecule has 2 unspecified atom stereocenters. The molecular formula is C14H20O2. The Labute approximate surface area is 97.3 Å². The van der Waals surface area contributed by atoms with E-state index in [1.54, 1.807) is 19.1 Å². The molecule has 0 saturated carbocycles. The van der Waals surface area contributed by atoms with E-state index in [1.807, 2.05) is 39.0 Å². The van der Waals surface area contributed by atoms with Gasteiger partial charge in [0.1, 0.15) is 0 Å². The first-order valence-corrected chi connectivity index (χ1v) is 5.61. The Hall–Kier alpha value is -1.15. The lowest BCUT2D eigenvalue weighted by molar-refractivity contribution is 0.0194. The molecule has 0 bridgehead atoms. The molecule has 0 radical (unpaired) electrons. The second kappa shape index (κ2) is 4.79. The lowest BCUT2D eigenvalue weighted by Gasteiger charge is -2.30. The number of hydrogen-bond donors (Lipinski definition) is 1. The van der Waals surface area contributed by atoms with E-state index in [1.165, 1.54) is 0 Å². The van der Waals surface area contributed by atoms with Gasteiger partial charge in [-0.05, 0) is 5.41 Å². The van der Waals surface area contributed by atoms with Gasteiger partial charge in [-0.1, -0.05) is 58.0 Å². The van der Waals surface area contributed by atoms with Crippen molar-refractivity contribution < 1.29 is 9.90 Å². The van der Waals surface area contributed by atoms with E-state index in [9.17, 15) is 9.90 Å². The predicted octanol–water partition coefficient (Wildman–Crippen LogP) is 2.91. The average molecular weight is 220 g/mol. The van der Waals surface area contributed by atoms with Crippen molar-refractivity contribution in [2.75, 3.05) is 0 Å². The van der Waals surface area contributed by atoms with Gasteiger partial charge in [0, 0.05) is 11.5 Å². The number of rotatable bonds is 3. The third kappa shape index (κ3) is 2.92. The van der Waals surface area contributed by atoms with E-state index in [2.05, 4.69) is 0 Å². The molecule has 0 amide bonds. The molecule has 1 N–H and O–H groups in total. The summed E-state index contributed by atoms with van der Waals surface area (Å²) in [4.78, 5) is 12.1. The monoisotopic (exact) mass is 220 g/mol. The van der Waals surface area contributed by atoms with Gasteiger partial charge in [0.05, 0.1) is 6.10 Å². The number of benzene rings is 1. The van der Waals surface area contributed by atoms with E-state index >= 15 is 0 Å². The molecule has 0 aliphatic heterocycles. The standard InChI is InChI=1S/C14H20O2/c1-10(13(16)14(2,3)4)12(15)11-8-6-5-7-9-11/h5-10,13,16H,1-4H3. The number of aliphatic hydroxyl groups is 1. The average Bonchev–Trinajstić information content (AvgIpc) is 2.26. The highest BCUT2D eigenvalue weighted by molar-refractivity contribution is 5.97. The van der Waals surface area contributed by atoms with Crippen LogP contribution < -0.4 is 0 Å². The maximum atomic E-state index is 12.1. The summed E-state index contributed by atoms with van der Waals surface area (Å²) in [6.45, 7) is 7.59. The van der Waals surface area contributed by atoms with Crippen LogP contribution in [-0.4, -0.2) is 17.0 Å². The summed E-state index contributed by atoms with van der Waals surface area (Å²) in [5.41, 5.74) is 0.391. The maximum Gasteiger partial charge on any atom is 0.168 e. The van der Waals surface area contributed by atoms with Crippen molar-refractivity contribution in [2.45, 2.75) is 33.8 Å². The molecule has 0 aliphatic rings. The Morgan fingerprint density at radius 1 is 1.19 bits per heavy atom. The van der Waals surface area contributed by atoms with Crippen molar-refractivity contribution in [3.63, 3.8) is 0 Å². The van der Waals surface area contributed by atoms with Crippen LogP contribution in [-0.2, 0) is 0 Å². The van der Waals surface area contributed by atoms with E-state index < -0.39 is 6.10 Å². The summed E-state index contributed by atoms with van der Waals surface area (Å²) >= 11 is 0. The lowest BCUT2D eigenvalue weighted by Crippen LogP contribution is -2.36. The Kier molecular flexibility index (Phi) is 3.87. The molecule has 1 aromatic carbocycles. The Balaban J connectivity index is 2.84. The van der Waals surface area contributed by atoms with Crippen LogP contribution >= 0.6 is 0 Å². The number of carbonyl (C=O) groups is 1. The normalized spacial score (nSPS) is 15.6. The van der Waals surface area contributed by atoms with Crippen molar-refractivity contribution in [3.05, 3.63) is 35.9 Å². The van der Waals surface area contributed by atoms with Crippen molar-refractivity contribution in [1.29, 1.82) is 0 Å². The van der Waals surface area contributed by atoms with Crippen LogP contribution in [0.1, 0.15) is 38.1 Å². The number of Topliss-reactive ketones (excluding diaryl/α,β-unsaturated/α-hetero) is 1. The molecule has 0 aromatic heterocycles. The van der Waals surface area contributed by atoms with Crippen LogP contribution in [0.2, 0.25) is 0 Å². The van der Waals surface area contributed by atoms with E-state index in [0.717, 1.165) is 0 Å². The lowest BCUT2D eigenvalue weighted by atomic mass is 9.79. The predicted molar refractivity (Wildman–Crippen MR) is 65.4 cm³/mol. The summed E-state index contributed by atoms with van der Waals surface area (Å²) < 4.78 is 0. The van der Waals surface area contributed by atoms with Gasteiger partial charge in [0.2, 0.25) is 0 Å². The Bertz CT molecular complexity index is 349. The second-order valence-corrected chi connectivity index (χ2v) is 5.33. The van der Waals surface area contributed by atoms with Crippen LogP contribution in [0.15, 0.2) is 30.3 Å². The molecule has 1 aromatic rings. The highest BCUT2D eigenvalue weighted by Crippen LogP contribution is 2.27. The zero-order valence-electron chi connectivity index (χ0n) is 10.4. The summed E-state index contributed by atoms with van der Waals surface area (Å²) in [6.07, 6.45) is -0.625. The molecule has 0 fully saturated rings. The van der Waals surface area contributed by atoms with Crippen molar-refractivity contribution >= 4 is 5.78 Å². The van der Waals surface area contributed by atoms with Crippen molar-refractivity contribution in [2.24, 2.45) is 11.3 Å². The molecule has 0 heterocycles. The first-order chi connectivity index (χ1) is 7.34. The summed E-state index contributed by atoms with van der Waals surface area (Å²) in [7, 11) is 0. The molecule has 2 heteroatoms. The molecule has 2 nitrogen and oxygen atoms in total. The van der Waals surface area contributed by atoms with Crippen LogP contribution in [0.3, 0.4) is 0 Å². The van der Waals surface area contributed by atoms with Gasteiger partial charge in [-0.3, -0.25) is 4.79 Å². The number of ketones is 1. The summed E-state index contributed by atoms with van der Waals surface area (Å²) in [5, 5.41) is 10.1. The van der Waals surface area contributed by atoms with Gasteiger partial charge < -0.3 is 5.11 Å². The topological polar surface area (TPSA) is 37.3 Å². The third-order valence-electron chi connectivity index (χ3n) is 2.83. The SMILES string of the molecule is CC(C(=O)c1ccccc1)C(O)C(C)(C)C. The second-order valence-electron chi connectivity index (χ2n) is 5.33. The minimum Gasteiger partial charge on any atom is -0.392 e. The molecule has 0 saturated heterocycles. The van der Waals surface area contributed by atoms with Crippen LogP contribution in [0, 0.1) is 11.3 Å². The first kappa shape index (κ1) is 12.9. The van der Waals surface area contributed by atoms with Gasteiger partial charge in [-0.2, -0.15) is 0 Å². The fourth-order valence-electron chi connectivity index (χ4n) is 1.76. The Morgan fingerprint density at radius 2 is 1.69 bits per heavy atom. The Morgan fingerprint density at radius 3 is 2.12 bits per heavy atom. The highest BCUT2D eigenvalue weighted by atomic mass is 16.3. The van der Waals surface area contributed by atoms with Crippen molar-refractivity contribution in [3.8, 4) is 0 Å². The van der Waals surface area contributed by atoms with Crippen LogP contribution in [0.25, 0.3) is 0 Å². The van der Waals surface area contributed by atoms with E-state index in [0.29, 0.717) is 5.56 Å². The van der Waals surface area contributed by atoms with E-state index in [4.69, 9.17) is 0 Å². The number of aliphatic hydroxyl groups excluding tert-OH is 1. The van der Waals surface area contributed by atoms with Gasteiger partial charge in [0.15, 0.2) is 5.78 Å². The van der Waals surface area contributed by atoms with E-state index in [-0.39, 0.29) is 17.1 Å². The number of carbonyl (C=O) groups excluding carboxylic acids is 1. The summed E-state index contributed by atoms with van der Waals surface area (Å²) in [6, 6.07) is 9.12. The fraction of sp³-hybridized carbons (Fsp3) is 0.500. The van der Waals surface area contributed by atoms with Crippen LogP contribution in [0.5, 0.6) is 0 Å². The fourth-order valence-corrected chi connectivity index (χ4v) is 1.76. The molecule has 0 aliphatic carbocycles. The minimum absolute atomic E-state index is 0.00280. The quantitative estimate of drug-likeness (QED) is 0.795. The van der Waals surface area contributed by atoms with Gasteiger partial charge in [-0.15, -0.1) is 0 Å². The van der Waals surface area contributed by atoms with Crippen LogP contribution in [0.4, 0.5) is 0 Å². The first-order valence-electron chi connectivity index (χ1n) is 5.61. The van der Waals surface area contributed by atoms with Crippen molar-refractivity contribution in [1.82, 2.24) is 0 Å². The zero-order chi connectivity index (χ0) is 12.3. The van der Waals surface area contributed by atoms with Gasteiger partial charge >= 0.3 is 0 Å². The smallest absolute Gasteiger partial charge is 0.168 e. The third-order valence-corrected chi connectivity index (χ3v) is 2.83. The number of hydrogen-bond acceptors (Lipinski definition) is 2. The zero-order valence-corrected chi connectivity index (χ0v) is 10.4. The van der Waals surface area contributed by atoms with Gasteiger partial charge in [0.25, 0.3) is 0 Å². The highest BCUT2D eigenvalue weighted by Gasteiger charge is 2.32. The minimum atomic E-state index is -0.625. The molecule has 0 spiro atoms. The van der Waals surface area contributed by atoms with Gasteiger partial charge in [-0.25, -0.2) is 0 Å². The maximum absolute atomic E-state index is 12.1. The largest absolute Gasteiger partial charge is 0.392 e. The molecular weight excluding hydrogens is 200 g/mol.